The first-order chi connectivity index (χ1) is 9.97. The molecule has 1 aliphatic heterocycles. The number of hydrogen-bond acceptors (Lipinski definition) is 3. The van der Waals surface area contributed by atoms with Gasteiger partial charge in [-0.1, -0.05) is 41.9 Å². The first-order valence-electron chi connectivity index (χ1n) is 6.76. The molecule has 1 aromatic heterocycles. The highest BCUT2D eigenvalue weighted by Crippen LogP contribution is 2.35. The maximum absolute atomic E-state index is 6.06. The molecule has 2 heterocycles. The molecule has 0 saturated carbocycles. The van der Waals surface area contributed by atoms with Gasteiger partial charge in [0.15, 0.2) is 5.69 Å². The normalized spacial score (nSPS) is 15.5. The summed E-state index contributed by atoms with van der Waals surface area (Å²) in [6, 6.07) is 11.9. The molecule has 0 unspecified atom stereocenters. The van der Waals surface area contributed by atoms with Crippen LogP contribution in [0, 0.1) is 6.92 Å². The molecule has 1 aliphatic rings. The van der Waals surface area contributed by atoms with E-state index in [9.17, 15) is 0 Å². The molecule has 0 radical (unpaired) electrons. The molecular formula is C16H17ClN3O+. The molecule has 3 rings (SSSR count). The van der Waals surface area contributed by atoms with Crippen molar-refractivity contribution in [2.75, 3.05) is 14.1 Å². The van der Waals surface area contributed by atoms with Gasteiger partial charge in [0, 0.05) is 6.07 Å². The summed E-state index contributed by atoms with van der Waals surface area (Å²) in [6.07, 6.45) is 0. The Morgan fingerprint density at radius 3 is 2.62 bits per heavy atom. The lowest BCUT2D eigenvalue weighted by molar-refractivity contribution is 0.286. The Kier molecular flexibility index (Phi) is 3.43. The Morgan fingerprint density at radius 1 is 1.19 bits per heavy atom. The molecular weight excluding hydrogens is 286 g/mol. The van der Waals surface area contributed by atoms with Gasteiger partial charge in [0.2, 0.25) is 0 Å². The van der Waals surface area contributed by atoms with E-state index in [1.807, 2.05) is 57.4 Å². The minimum absolute atomic E-state index is 0.364. The Labute approximate surface area is 129 Å². The van der Waals surface area contributed by atoms with Crippen LogP contribution in [0.15, 0.2) is 41.5 Å². The van der Waals surface area contributed by atoms with Crippen LogP contribution in [0.3, 0.4) is 0 Å². The van der Waals surface area contributed by atoms with Gasteiger partial charge in [-0.15, -0.1) is 0 Å². The molecule has 0 N–H and O–H groups in total. The Bertz CT molecular complexity index is 711. The van der Waals surface area contributed by atoms with Crippen LogP contribution in [0.4, 0.5) is 5.69 Å². The smallest absolute Gasteiger partial charge is 0.283 e. The summed E-state index contributed by atoms with van der Waals surface area (Å²) in [6.45, 7) is 2.42. The predicted molar refractivity (Wildman–Crippen MR) is 85.4 cm³/mol. The highest BCUT2D eigenvalue weighted by Gasteiger charge is 2.37. The van der Waals surface area contributed by atoms with Crippen molar-refractivity contribution in [3.63, 3.8) is 0 Å². The molecule has 4 nitrogen and oxygen atoms in total. The minimum Gasteiger partial charge on any atom is -0.469 e. The molecule has 0 fully saturated rings. The largest absolute Gasteiger partial charge is 0.469 e. The SMILES string of the molecule is Cc1nc(Cl)cc2c1C(OCc1ccccc1)=N[N+]2(C)C. The summed E-state index contributed by atoms with van der Waals surface area (Å²) >= 11 is 6.06. The van der Waals surface area contributed by atoms with Crippen LogP contribution in [0.2, 0.25) is 5.15 Å². The third kappa shape index (κ3) is 2.64. The zero-order chi connectivity index (χ0) is 15.0. The van der Waals surface area contributed by atoms with Crippen LogP contribution >= 0.6 is 11.6 Å². The van der Waals surface area contributed by atoms with Crippen LogP contribution in [0.1, 0.15) is 16.8 Å². The van der Waals surface area contributed by atoms with Gasteiger partial charge in [-0.3, -0.25) is 0 Å². The Balaban J connectivity index is 1.92. The average Bonchev–Trinajstić information content (AvgIpc) is 2.69. The maximum Gasteiger partial charge on any atom is 0.283 e. The number of quaternary nitrogens is 1. The van der Waals surface area contributed by atoms with Crippen LogP contribution in [0.25, 0.3) is 0 Å². The van der Waals surface area contributed by atoms with Crippen LogP contribution in [-0.4, -0.2) is 25.0 Å². The van der Waals surface area contributed by atoms with Gasteiger partial charge in [-0.2, -0.15) is 4.59 Å². The first-order valence-corrected chi connectivity index (χ1v) is 7.14. The number of halogens is 1. The van der Waals surface area contributed by atoms with Crippen molar-refractivity contribution in [3.05, 3.63) is 58.4 Å². The van der Waals surface area contributed by atoms with Crippen molar-refractivity contribution in [3.8, 4) is 0 Å². The first kappa shape index (κ1) is 14.0. The van der Waals surface area contributed by atoms with Gasteiger partial charge < -0.3 is 4.74 Å². The van der Waals surface area contributed by atoms with Gasteiger partial charge in [0.25, 0.3) is 5.90 Å². The molecule has 0 spiro atoms. The summed E-state index contributed by atoms with van der Waals surface area (Å²) in [4.78, 5) is 4.31. The van der Waals surface area contributed by atoms with E-state index in [0.29, 0.717) is 22.2 Å². The second-order valence-corrected chi connectivity index (χ2v) is 5.89. The van der Waals surface area contributed by atoms with E-state index in [1.165, 1.54) is 0 Å². The van der Waals surface area contributed by atoms with Crippen molar-refractivity contribution in [2.45, 2.75) is 13.5 Å². The third-order valence-corrected chi connectivity index (χ3v) is 3.70. The summed E-state index contributed by atoms with van der Waals surface area (Å²) in [5.74, 6) is 0.625. The molecule has 0 bridgehead atoms. The Hall–Kier alpha value is -1.91. The maximum atomic E-state index is 6.06. The highest BCUT2D eigenvalue weighted by atomic mass is 35.5. The van der Waals surface area contributed by atoms with Crippen molar-refractivity contribution >= 4 is 23.2 Å². The summed E-state index contributed by atoms with van der Waals surface area (Å²) < 4.78 is 6.29. The molecule has 5 heteroatoms. The lowest BCUT2D eigenvalue weighted by Crippen LogP contribution is -2.31. The number of pyridine rings is 1. The van der Waals surface area contributed by atoms with Gasteiger partial charge in [0.1, 0.15) is 17.3 Å². The van der Waals surface area contributed by atoms with E-state index < -0.39 is 0 Å². The monoisotopic (exact) mass is 302 g/mol. The van der Waals surface area contributed by atoms with Gasteiger partial charge in [-0.25, -0.2) is 4.98 Å². The molecule has 0 atom stereocenters. The van der Waals surface area contributed by atoms with Crippen LogP contribution < -0.4 is 4.59 Å². The fraction of sp³-hybridized carbons (Fsp3) is 0.250. The molecule has 0 amide bonds. The van der Waals surface area contributed by atoms with E-state index in [2.05, 4.69) is 10.1 Å². The summed E-state index contributed by atoms with van der Waals surface area (Å²) in [7, 11) is 3.99. The zero-order valence-electron chi connectivity index (χ0n) is 12.3. The van der Waals surface area contributed by atoms with Crippen LogP contribution in [0.5, 0.6) is 0 Å². The lowest BCUT2D eigenvalue weighted by Gasteiger charge is -2.17. The second kappa shape index (κ2) is 5.13. The van der Waals surface area contributed by atoms with Gasteiger partial charge >= 0.3 is 0 Å². The van der Waals surface area contributed by atoms with Crippen LogP contribution in [-0.2, 0) is 11.3 Å². The number of nitrogens with zero attached hydrogens (tertiary/aromatic N) is 3. The zero-order valence-corrected chi connectivity index (χ0v) is 13.1. The van der Waals surface area contributed by atoms with E-state index in [1.54, 1.807) is 0 Å². The predicted octanol–water partition coefficient (Wildman–Crippen LogP) is 3.50. The number of fused-ring (bicyclic) bond motifs is 1. The van der Waals surface area contributed by atoms with Gasteiger partial charge in [0.05, 0.1) is 19.8 Å². The number of benzene rings is 1. The Morgan fingerprint density at radius 2 is 1.90 bits per heavy atom. The molecule has 21 heavy (non-hydrogen) atoms. The van der Waals surface area contributed by atoms with Crippen molar-refractivity contribution < 1.29 is 4.74 Å². The average molecular weight is 303 g/mol. The number of ether oxygens (including phenoxy) is 1. The number of aryl methyl sites for hydroxylation is 1. The number of aromatic nitrogens is 1. The van der Waals surface area contributed by atoms with E-state index in [4.69, 9.17) is 16.3 Å². The topological polar surface area (TPSA) is 34.5 Å². The lowest BCUT2D eigenvalue weighted by atomic mass is 10.1. The van der Waals surface area contributed by atoms with E-state index in [0.717, 1.165) is 22.5 Å². The van der Waals surface area contributed by atoms with E-state index in [-0.39, 0.29) is 0 Å². The standard InChI is InChI=1S/C16H17ClN3O/c1-11-15-13(9-14(17)18-11)20(2,3)19-16(15)21-10-12-7-5-4-6-8-12/h4-9H,10H2,1-3H3/q+1. The fourth-order valence-electron chi connectivity index (χ4n) is 2.47. The third-order valence-electron chi connectivity index (χ3n) is 3.51. The van der Waals surface area contributed by atoms with Crippen molar-refractivity contribution in [1.82, 2.24) is 9.58 Å². The number of hydrogen-bond donors (Lipinski definition) is 0. The molecule has 1 aromatic carbocycles. The molecule has 0 aliphatic carbocycles. The van der Waals surface area contributed by atoms with Gasteiger partial charge in [-0.05, 0) is 17.6 Å². The van der Waals surface area contributed by atoms with E-state index >= 15 is 0 Å². The number of rotatable bonds is 2. The summed E-state index contributed by atoms with van der Waals surface area (Å²) in [5.41, 5.74) is 3.91. The van der Waals surface area contributed by atoms with Crippen molar-refractivity contribution in [2.24, 2.45) is 5.10 Å². The van der Waals surface area contributed by atoms with Crippen molar-refractivity contribution in [1.29, 1.82) is 0 Å². The molecule has 0 saturated heterocycles. The second-order valence-electron chi connectivity index (χ2n) is 5.50. The summed E-state index contributed by atoms with van der Waals surface area (Å²) in [5, 5.41) is 5.12. The minimum atomic E-state index is 0.364. The molecule has 108 valence electrons. The quantitative estimate of drug-likeness (QED) is 0.628. The molecule has 2 aromatic rings. The fourth-order valence-corrected chi connectivity index (χ4v) is 2.70. The highest BCUT2D eigenvalue weighted by molar-refractivity contribution is 6.30.